The predicted octanol–water partition coefficient (Wildman–Crippen LogP) is 5.12. The molecule has 1 amide bonds. The van der Waals surface area contributed by atoms with Crippen molar-refractivity contribution in [2.75, 3.05) is 12.9 Å². The fraction of sp³-hybridized carbons (Fsp3) is 0.364. The summed E-state index contributed by atoms with van der Waals surface area (Å²) in [5, 5.41) is 5.05. The molecule has 1 fully saturated rings. The van der Waals surface area contributed by atoms with E-state index in [1.54, 1.807) is 22.9 Å². The van der Waals surface area contributed by atoms with E-state index in [2.05, 4.69) is 5.10 Å². The van der Waals surface area contributed by atoms with E-state index in [4.69, 9.17) is 27.9 Å². The molecule has 0 aliphatic heterocycles. The van der Waals surface area contributed by atoms with Crippen LogP contribution in [0.1, 0.15) is 42.5 Å². The zero-order chi connectivity index (χ0) is 23.8. The minimum absolute atomic E-state index is 0.00579. The van der Waals surface area contributed by atoms with Crippen molar-refractivity contribution in [3.05, 3.63) is 51.9 Å². The van der Waals surface area contributed by atoms with Gasteiger partial charge in [0.25, 0.3) is 5.91 Å². The number of aromatic nitrogens is 2. The number of fused-ring (bicyclic) bond motifs is 1. The molecular formula is C22H22Cl2FN3O4S. The van der Waals surface area contributed by atoms with Crippen LogP contribution < -0.4 is 9.46 Å². The molecule has 11 heteroatoms. The highest BCUT2D eigenvalue weighted by Gasteiger charge is 2.21. The molecule has 7 nitrogen and oxygen atoms in total. The molecule has 1 heterocycles. The Bertz CT molecular complexity index is 1320. The second kappa shape index (κ2) is 9.48. The van der Waals surface area contributed by atoms with Gasteiger partial charge >= 0.3 is 0 Å². The second-order valence-electron chi connectivity index (χ2n) is 8.18. The minimum atomic E-state index is -3.86. The Morgan fingerprint density at radius 1 is 1.21 bits per heavy atom. The Labute approximate surface area is 200 Å². The van der Waals surface area contributed by atoms with Crippen molar-refractivity contribution in [3.63, 3.8) is 0 Å². The third-order valence-corrected chi connectivity index (χ3v) is 6.74. The highest BCUT2D eigenvalue weighted by molar-refractivity contribution is 7.89. The Morgan fingerprint density at radius 3 is 2.64 bits per heavy atom. The average Bonchev–Trinajstić information content (AvgIpc) is 3.09. The van der Waals surface area contributed by atoms with Crippen LogP contribution in [0.2, 0.25) is 10.2 Å². The topological polar surface area (TPSA) is 90.3 Å². The molecule has 4 rings (SSSR count). The number of ether oxygens (including phenoxy) is 1. The third kappa shape index (κ3) is 5.42. The Morgan fingerprint density at radius 2 is 1.94 bits per heavy atom. The van der Waals surface area contributed by atoms with E-state index in [0.29, 0.717) is 29.2 Å². The predicted molar refractivity (Wildman–Crippen MR) is 125 cm³/mol. The van der Waals surface area contributed by atoms with Crippen molar-refractivity contribution < 1.29 is 22.3 Å². The molecular weight excluding hydrogens is 492 g/mol. The lowest BCUT2D eigenvalue weighted by Crippen LogP contribution is -2.30. The quantitative estimate of drug-likeness (QED) is 0.493. The zero-order valence-corrected chi connectivity index (χ0v) is 20.1. The normalized spacial score (nSPS) is 15.0. The molecule has 3 aromatic rings. The van der Waals surface area contributed by atoms with Crippen LogP contribution >= 0.6 is 23.2 Å². The number of nitrogens with zero attached hydrogens (tertiary/aromatic N) is 2. The van der Waals surface area contributed by atoms with Gasteiger partial charge in [0.05, 0.1) is 34.7 Å². The molecule has 1 aliphatic carbocycles. The van der Waals surface area contributed by atoms with E-state index >= 15 is 0 Å². The van der Waals surface area contributed by atoms with Crippen molar-refractivity contribution in [1.29, 1.82) is 0 Å². The van der Waals surface area contributed by atoms with Gasteiger partial charge in [-0.25, -0.2) is 22.2 Å². The largest absolute Gasteiger partial charge is 0.493 e. The van der Waals surface area contributed by atoms with E-state index < -0.39 is 27.3 Å². The van der Waals surface area contributed by atoms with Gasteiger partial charge in [0.2, 0.25) is 10.0 Å². The maximum absolute atomic E-state index is 14.7. The zero-order valence-electron chi connectivity index (χ0n) is 17.8. The summed E-state index contributed by atoms with van der Waals surface area (Å²) in [7, 11) is -3.86. The van der Waals surface area contributed by atoms with Crippen molar-refractivity contribution in [1.82, 2.24) is 14.5 Å². The van der Waals surface area contributed by atoms with Crippen molar-refractivity contribution in [3.8, 4) is 11.4 Å². The number of sulfonamides is 1. The Balaban J connectivity index is 1.63. The molecule has 33 heavy (non-hydrogen) atoms. The first kappa shape index (κ1) is 23.8. The first-order valence-electron chi connectivity index (χ1n) is 10.4. The lowest BCUT2D eigenvalue weighted by Gasteiger charge is -2.21. The number of halogens is 3. The van der Waals surface area contributed by atoms with Crippen LogP contribution in [0.15, 0.2) is 30.3 Å². The standard InChI is InChI=1S/C22H22Cl2FN3O4S/c1-33(30,31)27-22(29)15-10-17(23)20(11-18(15)25)28-19-8-7-14(9-16(19)21(24)26-28)32-12-13-5-3-2-4-6-13/h7-11,13H,2-6,12H2,1H3,(H,27,29). The fourth-order valence-corrected chi connectivity index (χ4v) is 4.92. The molecule has 0 atom stereocenters. The molecule has 1 N–H and O–H groups in total. The molecule has 2 aromatic carbocycles. The molecule has 1 aromatic heterocycles. The van der Waals surface area contributed by atoms with Gasteiger partial charge < -0.3 is 4.74 Å². The number of hydrogen-bond acceptors (Lipinski definition) is 5. The summed E-state index contributed by atoms with van der Waals surface area (Å²) in [6.45, 7) is 0.644. The summed E-state index contributed by atoms with van der Waals surface area (Å²) in [4.78, 5) is 12.1. The molecule has 1 aliphatic rings. The number of nitrogens with one attached hydrogen (secondary N) is 1. The number of carbonyl (C=O) groups excluding carboxylic acids is 1. The molecule has 0 saturated heterocycles. The number of amides is 1. The molecule has 176 valence electrons. The number of hydrogen-bond donors (Lipinski definition) is 1. The Hall–Kier alpha value is -2.36. The summed E-state index contributed by atoms with van der Waals surface area (Å²) < 4.78 is 46.3. The van der Waals surface area contributed by atoms with Crippen LogP contribution in [0.4, 0.5) is 4.39 Å². The molecule has 0 spiro atoms. The molecule has 0 bridgehead atoms. The van der Waals surface area contributed by atoms with Crippen LogP contribution in [0.5, 0.6) is 5.75 Å². The first-order chi connectivity index (χ1) is 15.6. The van der Waals surface area contributed by atoms with Crippen molar-refractivity contribution in [2.24, 2.45) is 5.92 Å². The molecule has 0 radical (unpaired) electrons. The van der Waals surface area contributed by atoms with E-state index in [-0.39, 0.29) is 15.9 Å². The number of benzene rings is 2. The Kier molecular flexibility index (Phi) is 6.83. The summed E-state index contributed by atoms with van der Waals surface area (Å²) in [5.41, 5.74) is 0.215. The maximum atomic E-state index is 14.7. The van der Waals surface area contributed by atoms with Crippen LogP contribution in [-0.4, -0.2) is 37.0 Å². The molecule has 0 unspecified atom stereocenters. The van der Waals surface area contributed by atoms with Gasteiger partial charge in [0.15, 0.2) is 5.15 Å². The van der Waals surface area contributed by atoms with Crippen LogP contribution in [0, 0.1) is 11.7 Å². The van der Waals surface area contributed by atoms with Gasteiger partial charge in [-0.2, -0.15) is 5.10 Å². The van der Waals surface area contributed by atoms with E-state index in [1.807, 2.05) is 0 Å². The van der Waals surface area contributed by atoms with Crippen molar-refractivity contribution in [2.45, 2.75) is 32.1 Å². The van der Waals surface area contributed by atoms with Crippen LogP contribution in [-0.2, 0) is 10.0 Å². The third-order valence-electron chi connectivity index (χ3n) is 5.60. The number of carbonyl (C=O) groups is 1. The minimum Gasteiger partial charge on any atom is -0.493 e. The first-order valence-corrected chi connectivity index (χ1v) is 13.1. The molecule has 1 saturated carbocycles. The summed E-state index contributed by atoms with van der Waals surface area (Å²) >= 11 is 12.6. The van der Waals surface area contributed by atoms with E-state index in [1.165, 1.54) is 36.8 Å². The van der Waals surface area contributed by atoms with E-state index in [0.717, 1.165) is 18.4 Å². The highest BCUT2D eigenvalue weighted by Crippen LogP contribution is 2.33. The maximum Gasteiger partial charge on any atom is 0.267 e. The summed E-state index contributed by atoms with van der Waals surface area (Å²) in [6, 6.07) is 7.38. The second-order valence-corrected chi connectivity index (χ2v) is 10.7. The van der Waals surface area contributed by atoms with Gasteiger partial charge in [0, 0.05) is 11.5 Å². The van der Waals surface area contributed by atoms with Crippen LogP contribution in [0.25, 0.3) is 16.6 Å². The SMILES string of the molecule is CS(=O)(=O)NC(=O)c1cc(Cl)c(-n2nc(Cl)c3cc(OCC4CCCCC4)ccc32)cc1F. The van der Waals surface area contributed by atoms with Gasteiger partial charge in [-0.3, -0.25) is 4.79 Å². The number of rotatable bonds is 6. The fourth-order valence-electron chi connectivity index (χ4n) is 4.00. The summed E-state index contributed by atoms with van der Waals surface area (Å²) in [6.07, 6.45) is 6.88. The monoisotopic (exact) mass is 513 g/mol. The smallest absolute Gasteiger partial charge is 0.267 e. The summed E-state index contributed by atoms with van der Waals surface area (Å²) in [5.74, 6) is -0.859. The average molecular weight is 514 g/mol. The lowest BCUT2D eigenvalue weighted by molar-refractivity contribution is 0.0978. The van der Waals surface area contributed by atoms with Gasteiger partial charge in [0.1, 0.15) is 11.6 Å². The van der Waals surface area contributed by atoms with Gasteiger partial charge in [-0.1, -0.05) is 42.5 Å². The van der Waals surface area contributed by atoms with Crippen molar-refractivity contribution >= 4 is 50.0 Å². The lowest BCUT2D eigenvalue weighted by atomic mass is 9.90. The van der Waals surface area contributed by atoms with Gasteiger partial charge in [-0.15, -0.1) is 0 Å². The highest BCUT2D eigenvalue weighted by atomic mass is 35.5. The van der Waals surface area contributed by atoms with Gasteiger partial charge in [-0.05, 0) is 43.0 Å². The van der Waals surface area contributed by atoms with Crippen LogP contribution in [0.3, 0.4) is 0 Å². The van der Waals surface area contributed by atoms with E-state index in [9.17, 15) is 17.6 Å².